The summed E-state index contributed by atoms with van der Waals surface area (Å²) in [5.74, 6) is -0.0180. The molecule has 170 valence electrons. The van der Waals surface area contributed by atoms with Crippen molar-refractivity contribution in [2.75, 3.05) is 70.9 Å². The lowest BCUT2D eigenvalue weighted by Gasteiger charge is -2.37. The molecule has 3 heterocycles. The minimum absolute atomic E-state index is 0.0180. The fourth-order valence-corrected chi connectivity index (χ4v) is 5.66. The molecule has 1 aromatic carbocycles. The normalized spacial score (nSPS) is 21.3. The predicted octanol–water partition coefficient (Wildman–Crippen LogP) is 0.649. The van der Waals surface area contributed by atoms with Crippen molar-refractivity contribution in [2.45, 2.75) is 12.8 Å². The number of ether oxygens (including phenoxy) is 1. The highest BCUT2D eigenvalue weighted by Crippen LogP contribution is 2.18. The fraction of sp³-hybridized carbons (Fsp3) is 0.600. The second-order valence-corrected chi connectivity index (χ2v) is 9.84. The molecule has 10 nitrogen and oxygen atoms in total. The standard InChI is InChI=1S/C20H29N5O5S/c26-19(22-6-1-2-7-22)17-4-3-5-18(16-17)21-20(27)23-8-10-24(11-9-23)31(28,29)25-12-14-30-15-13-25/h3-5,16H,1-2,6-15H2,(H,21,27). The van der Waals surface area contributed by atoms with Gasteiger partial charge in [0.15, 0.2) is 0 Å². The molecule has 0 bridgehead atoms. The summed E-state index contributed by atoms with van der Waals surface area (Å²) in [6.07, 6.45) is 2.05. The quantitative estimate of drug-likeness (QED) is 0.724. The molecular formula is C20H29N5O5S. The van der Waals surface area contributed by atoms with E-state index in [9.17, 15) is 18.0 Å². The highest BCUT2D eigenvalue weighted by Gasteiger charge is 2.34. The lowest BCUT2D eigenvalue weighted by molar-refractivity contribution is 0.0691. The number of hydrogen-bond acceptors (Lipinski definition) is 5. The van der Waals surface area contributed by atoms with Crippen molar-refractivity contribution in [3.8, 4) is 0 Å². The molecule has 3 aliphatic rings. The second kappa shape index (κ2) is 9.51. The van der Waals surface area contributed by atoms with Crippen LogP contribution < -0.4 is 5.32 Å². The number of carbonyl (C=O) groups excluding carboxylic acids is 2. The lowest BCUT2D eigenvalue weighted by Crippen LogP contribution is -2.56. The number of carbonyl (C=O) groups is 2. The van der Waals surface area contributed by atoms with E-state index in [0.29, 0.717) is 50.6 Å². The Hall–Kier alpha value is -2.21. The van der Waals surface area contributed by atoms with Crippen LogP contribution >= 0.6 is 0 Å². The van der Waals surface area contributed by atoms with Crippen molar-refractivity contribution in [2.24, 2.45) is 0 Å². The van der Waals surface area contributed by atoms with Crippen molar-refractivity contribution >= 4 is 27.8 Å². The van der Waals surface area contributed by atoms with Gasteiger partial charge in [-0.2, -0.15) is 17.0 Å². The maximum absolute atomic E-state index is 12.8. The highest BCUT2D eigenvalue weighted by atomic mass is 32.2. The number of piperazine rings is 1. The number of morpholine rings is 1. The molecule has 0 spiro atoms. The molecule has 3 amide bonds. The summed E-state index contributed by atoms with van der Waals surface area (Å²) in [5, 5.41) is 2.84. The van der Waals surface area contributed by atoms with E-state index >= 15 is 0 Å². The summed E-state index contributed by atoms with van der Waals surface area (Å²) >= 11 is 0. The Bertz CT molecular complexity index is 904. The van der Waals surface area contributed by atoms with Crippen LogP contribution in [0.4, 0.5) is 10.5 Å². The molecule has 0 aromatic heterocycles. The van der Waals surface area contributed by atoms with Crippen molar-refractivity contribution < 1.29 is 22.7 Å². The maximum Gasteiger partial charge on any atom is 0.321 e. The first kappa shape index (κ1) is 22.0. The maximum atomic E-state index is 12.8. The third-order valence-electron chi connectivity index (χ3n) is 5.90. The number of nitrogens with one attached hydrogen (secondary N) is 1. The third-order valence-corrected chi connectivity index (χ3v) is 7.94. The predicted molar refractivity (Wildman–Crippen MR) is 115 cm³/mol. The molecule has 0 aliphatic carbocycles. The SMILES string of the molecule is O=C(Nc1cccc(C(=O)N2CCCC2)c1)N1CCN(S(=O)(=O)N2CCOCC2)CC1. The first-order chi connectivity index (χ1) is 14.9. The molecule has 1 aromatic rings. The van der Waals surface area contributed by atoms with Crippen molar-refractivity contribution in [1.82, 2.24) is 18.4 Å². The van der Waals surface area contributed by atoms with Gasteiger partial charge in [0.25, 0.3) is 16.1 Å². The van der Waals surface area contributed by atoms with Gasteiger partial charge in [-0.05, 0) is 31.0 Å². The highest BCUT2D eigenvalue weighted by molar-refractivity contribution is 7.86. The van der Waals surface area contributed by atoms with Crippen LogP contribution in [0.5, 0.6) is 0 Å². The molecule has 3 fully saturated rings. The summed E-state index contributed by atoms with van der Waals surface area (Å²) in [5.41, 5.74) is 1.11. The molecule has 3 aliphatic heterocycles. The molecule has 0 radical (unpaired) electrons. The zero-order valence-corrected chi connectivity index (χ0v) is 18.3. The van der Waals surface area contributed by atoms with E-state index in [-0.39, 0.29) is 25.0 Å². The first-order valence-corrected chi connectivity index (χ1v) is 12.1. The minimum Gasteiger partial charge on any atom is -0.379 e. The smallest absolute Gasteiger partial charge is 0.321 e. The van der Waals surface area contributed by atoms with Crippen LogP contribution in [0.25, 0.3) is 0 Å². The molecular weight excluding hydrogens is 422 g/mol. The number of likely N-dealkylation sites (tertiary alicyclic amines) is 1. The number of anilines is 1. The van der Waals surface area contributed by atoms with Crippen molar-refractivity contribution in [1.29, 1.82) is 0 Å². The van der Waals surface area contributed by atoms with E-state index in [1.807, 2.05) is 4.90 Å². The summed E-state index contributed by atoms with van der Waals surface area (Å²) in [4.78, 5) is 28.7. The number of amides is 3. The Morgan fingerprint density at radius 3 is 2.16 bits per heavy atom. The average molecular weight is 452 g/mol. The second-order valence-electron chi connectivity index (χ2n) is 7.92. The average Bonchev–Trinajstić information content (AvgIpc) is 3.34. The van der Waals surface area contributed by atoms with E-state index in [4.69, 9.17) is 4.74 Å². The summed E-state index contributed by atoms with van der Waals surface area (Å²) in [6.45, 7) is 4.18. The lowest BCUT2D eigenvalue weighted by atomic mass is 10.2. The minimum atomic E-state index is -3.53. The zero-order chi connectivity index (χ0) is 21.8. The van der Waals surface area contributed by atoms with Gasteiger partial charge >= 0.3 is 6.03 Å². The molecule has 0 unspecified atom stereocenters. The van der Waals surface area contributed by atoms with Gasteiger partial charge in [-0.25, -0.2) is 4.79 Å². The van der Waals surface area contributed by atoms with Crippen LogP contribution in [-0.4, -0.2) is 104 Å². The third kappa shape index (κ3) is 5.00. The Morgan fingerprint density at radius 1 is 0.839 bits per heavy atom. The van der Waals surface area contributed by atoms with Crippen LogP contribution in [0.2, 0.25) is 0 Å². The van der Waals surface area contributed by atoms with Crippen LogP contribution in [0.1, 0.15) is 23.2 Å². The Kier molecular flexibility index (Phi) is 6.75. The Morgan fingerprint density at radius 2 is 1.48 bits per heavy atom. The van der Waals surface area contributed by atoms with E-state index in [1.54, 1.807) is 29.2 Å². The molecule has 4 rings (SSSR count). The van der Waals surface area contributed by atoms with E-state index in [1.165, 1.54) is 8.61 Å². The van der Waals surface area contributed by atoms with Crippen LogP contribution in [0, 0.1) is 0 Å². The number of hydrogen-bond donors (Lipinski definition) is 1. The number of rotatable bonds is 4. The van der Waals surface area contributed by atoms with Gasteiger partial charge in [-0.15, -0.1) is 0 Å². The first-order valence-electron chi connectivity index (χ1n) is 10.7. The summed E-state index contributed by atoms with van der Waals surface area (Å²) in [6, 6.07) is 6.65. The Balaban J connectivity index is 1.32. The van der Waals surface area contributed by atoms with Crippen LogP contribution in [0.15, 0.2) is 24.3 Å². The zero-order valence-electron chi connectivity index (χ0n) is 17.5. The van der Waals surface area contributed by atoms with Gasteiger partial charge in [0.05, 0.1) is 13.2 Å². The molecule has 11 heteroatoms. The van der Waals surface area contributed by atoms with E-state index in [0.717, 1.165) is 25.9 Å². The van der Waals surface area contributed by atoms with Gasteiger partial charge in [-0.3, -0.25) is 4.79 Å². The monoisotopic (exact) mass is 451 g/mol. The number of urea groups is 1. The van der Waals surface area contributed by atoms with Gasteiger partial charge in [-0.1, -0.05) is 6.07 Å². The van der Waals surface area contributed by atoms with E-state index < -0.39 is 10.2 Å². The molecule has 0 saturated carbocycles. The number of benzene rings is 1. The topological polar surface area (TPSA) is 102 Å². The van der Waals surface area contributed by atoms with Gasteiger partial charge in [0, 0.05) is 63.6 Å². The fourth-order valence-electron chi connectivity index (χ4n) is 4.10. The summed E-state index contributed by atoms with van der Waals surface area (Å²) in [7, 11) is -3.53. The van der Waals surface area contributed by atoms with Crippen LogP contribution in [-0.2, 0) is 14.9 Å². The summed E-state index contributed by atoms with van der Waals surface area (Å²) < 4.78 is 33.6. The van der Waals surface area contributed by atoms with Gasteiger partial charge in [0.1, 0.15) is 0 Å². The molecule has 0 atom stereocenters. The van der Waals surface area contributed by atoms with Crippen molar-refractivity contribution in [3.05, 3.63) is 29.8 Å². The number of nitrogens with zero attached hydrogens (tertiary/aromatic N) is 4. The van der Waals surface area contributed by atoms with Gasteiger partial charge in [0.2, 0.25) is 0 Å². The van der Waals surface area contributed by atoms with Crippen LogP contribution in [0.3, 0.4) is 0 Å². The molecule has 31 heavy (non-hydrogen) atoms. The molecule has 1 N–H and O–H groups in total. The van der Waals surface area contributed by atoms with Crippen molar-refractivity contribution in [3.63, 3.8) is 0 Å². The van der Waals surface area contributed by atoms with E-state index in [2.05, 4.69) is 5.32 Å². The largest absolute Gasteiger partial charge is 0.379 e. The van der Waals surface area contributed by atoms with Gasteiger partial charge < -0.3 is 19.9 Å². The Labute approximate surface area is 182 Å². The molecule has 3 saturated heterocycles.